The largest absolute Gasteiger partial charge is 0.480 e. The number of amides is 1. The molecule has 26 heavy (non-hydrogen) atoms. The molecule has 0 spiro atoms. The van der Waals surface area contributed by atoms with Crippen LogP contribution in [-0.4, -0.2) is 23.0 Å². The Morgan fingerprint density at radius 3 is 1.54 bits per heavy atom. The quantitative estimate of drug-likeness (QED) is 0.265. The molecular weight excluding hydrogens is 326 g/mol. The molecule has 154 valence electrons. The molecule has 0 aromatic carbocycles. The van der Waals surface area contributed by atoms with E-state index in [-0.39, 0.29) is 5.91 Å². The summed E-state index contributed by atoms with van der Waals surface area (Å²) in [7, 11) is 0. The molecule has 0 aliphatic carbocycles. The highest BCUT2D eigenvalue weighted by Gasteiger charge is 2.18. The smallest absolute Gasteiger partial charge is 0.326 e. The number of unbranched alkanes of at least 4 members (excludes halogenated alkanes) is 13. The van der Waals surface area contributed by atoms with E-state index in [0.29, 0.717) is 12.8 Å². The van der Waals surface area contributed by atoms with Gasteiger partial charge in [-0.05, 0) is 12.8 Å². The van der Waals surface area contributed by atoms with E-state index in [1.54, 1.807) is 0 Å². The van der Waals surface area contributed by atoms with Crippen molar-refractivity contribution >= 4 is 11.9 Å². The van der Waals surface area contributed by atoms with Gasteiger partial charge in [0.1, 0.15) is 6.04 Å². The van der Waals surface area contributed by atoms with Crippen molar-refractivity contribution in [1.29, 1.82) is 0 Å². The summed E-state index contributed by atoms with van der Waals surface area (Å²) in [5.74, 6) is -1.03. The SMILES string of the molecule is CCCCCCCCCCCCCCCC(=O)N[C@H](CCCC)C(=O)O. The van der Waals surface area contributed by atoms with Crippen LogP contribution in [0.5, 0.6) is 0 Å². The van der Waals surface area contributed by atoms with Crippen molar-refractivity contribution in [2.45, 2.75) is 129 Å². The van der Waals surface area contributed by atoms with Crippen molar-refractivity contribution in [2.24, 2.45) is 0 Å². The van der Waals surface area contributed by atoms with Crippen LogP contribution >= 0.6 is 0 Å². The summed E-state index contributed by atoms with van der Waals surface area (Å²) >= 11 is 0. The zero-order valence-corrected chi connectivity index (χ0v) is 17.4. The van der Waals surface area contributed by atoms with Gasteiger partial charge in [0.2, 0.25) is 5.91 Å². The van der Waals surface area contributed by atoms with Crippen LogP contribution in [0.15, 0.2) is 0 Å². The Bertz CT molecular complexity index is 344. The lowest BCUT2D eigenvalue weighted by Crippen LogP contribution is -2.40. The van der Waals surface area contributed by atoms with Crippen molar-refractivity contribution in [3.63, 3.8) is 0 Å². The first kappa shape index (κ1) is 24.9. The molecular formula is C22H43NO3. The molecule has 2 N–H and O–H groups in total. The van der Waals surface area contributed by atoms with E-state index in [1.165, 1.54) is 70.6 Å². The van der Waals surface area contributed by atoms with Crippen LogP contribution in [0.2, 0.25) is 0 Å². The van der Waals surface area contributed by atoms with Crippen molar-refractivity contribution in [1.82, 2.24) is 5.32 Å². The molecule has 0 aliphatic rings. The summed E-state index contributed by atoms with van der Waals surface area (Å²) in [5, 5.41) is 11.8. The number of rotatable bonds is 19. The van der Waals surface area contributed by atoms with Crippen LogP contribution in [0.3, 0.4) is 0 Å². The monoisotopic (exact) mass is 369 g/mol. The van der Waals surface area contributed by atoms with E-state index in [0.717, 1.165) is 25.7 Å². The summed E-state index contributed by atoms with van der Waals surface area (Å²) in [4.78, 5) is 23.0. The topological polar surface area (TPSA) is 66.4 Å². The maximum absolute atomic E-state index is 11.8. The van der Waals surface area contributed by atoms with E-state index in [4.69, 9.17) is 5.11 Å². The van der Waals surface area contributed by atoms with Gasteiger partial charge in [-0.2, -0.15) is 0 Å². The fraction of sp³-hybridized carbons (Fsp3) is 0.909. The van der Waals surface area contributed by atoms with Crippen LogP contribution in [-0.2, 0) is 9.59 Å². The van der Waals surface area contributed by atoms with Gasteiger partial charge in [0.25, 0.3) is 0 Å². The highest BCUT2D eigenvalue weighted by atomic mass is 16.4. The Balaban J connectivity index is 3.43. The highest BCUT2D eigenvalue weighted by molar-refractivity contribution is 5.83. The first-order chi connectivity index (χ1) is 12.6. The van der Waals surface area contributed by atoms with E-state index in [2.05, 4.69) is 12.2 Å². The van der Waals surface area contributed by atoms with E-state index < -0.39 is 12.0 Å². The molecule has 1 atom stereocenters. The predicted octanol–water partition coefficient (Wildman–Crippen LogP) is 6.23. The molecule has 4 heteroatoms. The molecule has 0 saturated heterocycles. The molecule has 0 radical (unpaired) electrons. The van der Waals surface area contributed by atoms with Gasteiger partial charge in [-0.15, -0.1) is 0 Å². The molecule has 0 rings (SSSR count). The molecule has 0 aromatic rings. The van der Waals surface area contributed by atoms with Gasteiger partial charge in [0.05, 0.1) is 0 Å². The highest BCUT2D eigenvalue weighted by Crippen LogP contribution is 2.13. The Kier molecular flexibility index (Phi) is 18.0. The third-order valence-electron chi connectivity index (χ3n) is 4.99. The van der Waals surface area contributed by atoms with Gasteiger partial charge in [0.15, 0.2) is 0 Å². The molecule has 1 amide bonds. The number of carboxylic acid groups (broad SMARTS) is 1. The number of carbonyl (C=O) groups excluding carboxylic acids is 1. The summed E-state index contributed by atoms with van der Waals surface area (Å²) in [6.07, 6.45) is 19.4. The first-order valence-electron chi connectivity index (χ1n) is 11.1. The standard InChI is InChI=1S/C22H43NO3/c1-3-5-7-8-9-10-11-12-13-14-15-16-17-19-21(24)23-20(22(25)26)18-6-4-2/h20H,3-19H2,1-2H3,(H,23,24)(H,25,26)/t20-/m1/s1. The van der Waals surface area contributed by atoms with Gasteiger partial charge < -0.3 is 10.4 Å². The Morgan fingerprint density at radius 2 is 1.12 bits per heavy atom. The molecule has 0 aliphatic heterocycles. The van der Waals surface area contributed by atoms with E-state index in [1.807, 2.05) is 6.92 Å². The van der Waals surface area contributed by atoms with Crippen molar-refractivity contribution in [3.8, 4) is 0 Å². The van der Waals surface area contributed by atoms with Gasteiger partial charge in [-0.3, -0.25) is 4.79 Å². The molecule has 0 unspecified atom stereocenters. The van der Waals surface area contributed by atoms with Gasteiger partial charge in [0, 0.05) is 6.42 Å². The molecule has 0 aromatic heterocycles. The molecule has 0 heterocycles. The van der Waals surface area contributed by atoms with E-state index in [9.17, 15) is 9.59 Å². The van der Waals surface area contributed by atoms with Crippen LogP contribution in [0, 0.1) is 0 Å². The maximum Gasteiger partial charge on any atom is 0.326 e. The third kappa shape index (κ3) is 16.4. The zero-order valence-electron chi connectivity index (χ0n) is 17.4. The van der Waals surface area contributed by atoms with Gasteiger partial charge in [-0.1, -0.05) is 104 Å². The van der Waals surface area contributed by atoms with Crippen LogP contribution < -0.4 is 5.32 Å². The lowest BCUT2D eigenvalue weighted by atomic mass is 10.0. The van der Waals surface area contributed by atoms with Crippen molar-refractivity contribution in [2.75, 3.05) is 0 Å². The molecule has 4 nitrogen and oxygen atoms in total. The summed E-state index contributed by atoms with van der Waals surface area (Å²) in [6.45, 7) is 4.28. The van der Waals surface area contributed by atoms with Crippen LogP contribution in [0.1, 0.15) is 123 Å². The second kappa shape index (κ2) is 18.7. The Labute approximate surface area is 161 Å². The summed E-state index contributed by atoms with van der Waals surface area (Å²) in [5.41, 5.74) is 0. The maximum atomic E-state index is 11.8. The number of carboxylic acids is 1. The minimum Gasteiger partial charge on any atom is -0.480 e. The van der Waals surface area contributed by atoms with Gasteiger partial charge in [-0.25, -0.2) is 4.79 Å². The Morgan fingerprint density at radius 1 is 0.692 bits per heavy atom. The van der Waals surface area contributed by atoms with Gasteiger partial charge >= 0.3 is 5.97 Å². The fourth-order valence-corrected chi connectivity index (χ4v) is 3.24. The molecule has 0 bridgehead atoms. The minimum atomic E-state index is -0.919. The Hall–Kier alpha value is -1.06. The lowest BCUT2D eigenvalue weighted by Gasteiger charge is -2.13. The lowest BCUT2D eigenvalue weighted by molar-refractivity contribution is -0.142. The van der Waals surface area contributed by atoms with Crippen molar-refractivity contribution in [3.05, 3.63) is 0 Å². The average molecular weight is 370 g/mol. The third-order valence-corrected chi connectivity index (χ3v) is 4.99. The minimum absolute atomic E-state index is 0.114. The van der Waals surface area contributed by atoms with Crippen molar-refractivity contribution < 1.29 is 14.7 Å². The normalized spacial score (nSPS) is 12.1. The number of nitrogens with one attached hydrogen (secondary N) is 1. The van der Waals surface area contributed by atoms with Crippen LogP contribution in [0.25, 0.3) is 0 Å². The molecule has 0 fully saturated rings. The summed E-state index contributed by atoms with van der Waals surface area (Å²) < 4.78 is 0. The summed E-state index contributed by atoms with van der Waals surface area (Å²) in [6, 6.07) is -0.718. The number of aliphatic carboxylic acids is 1. The fourth-order valence-electron chi connectivity index (χ4n) is 3.24. The van der Waals surface area contributed by atoms with E-state index >= 15 is 0 Å². The molecule has 0 saturated carbocycles. The zero-order chi connectivity index (χ0) is 19.5. The first-order valence-corrected chi connectivity index (χ1v) is 11.1. The number of hydrogen-bond donors (Lipinski definition) is 2. The second-order valence-electron chi connectivity index (χ2n) is 7.59. The second-order valence-corrected chi connectivity index (χ2v) is 7.59. The predicted molar refractivity (Wildman–Crippen MR) is 109 cm³/mol. The number of hydrogen-bond acceptors (Lipinski definition) is 2. The van der Waals surface area contributed by atoms with Crippen LogP contribution in [0.4, 0.5) is 0 Å². The number of carbonyl (C=O) groups is 2. The average Bonchev–Trinajstić information content (AvgIpc) is 2.62.